The Morgan fingerprint density at radius 1 is 0.800 bits per heavy atom. The van der Waals surface area contributed by atoms with Crippen molar-refractivity contribution < 1.29 is 14.4 Å². The number of hydrogen-bond donors (Lipinski definition) is 1. The molecule has 0 fully saturated rings. The topological polar surface area (TPSA) is 71.4 Å². The predicted octanol–water partition coefficient (Wildman–Crippen LogP) is 4.60. The fourth-order valence-electron chi connectivity index (χ4n) is 4.35. The van der Waals surface area contributed by atoms with Crippen LogP contribution in [0.3, 0.4) is 0 Å². The van der Waals surface area contributed by atoms with Crippen LogP contribution in [0.5, 0.6) is 0 Å². The average Bonchev–Trinajstić information content (AvgIpc) is 3.26. The molecule has 1 heterocycles. The summed E-state index contributed by atoms with van der Waals surface area (Å²) in [5, 5.41) is 3.58. The summed E-state index contributed by atoms with van der Waals surface area (Å²) >= 11 is 0. The molecule has 0 saturated heterocycles. The number of ketones is 1. The quantitative estimate of drug-likeness (QED) is 0.289. The number of carbonyl (C=O) groups is 3. The SMILES string of the molecule is CCN(CC)C(=O)Cn1cc(C(=O)C(=O)NC(c2ccccc2)c2ccccc2)c2ccccc21. The zero-order valence-electron chi connectivity index (χ0n) is 20.0. The number of fused-ring (bicyclic) bond motifs is 1. The number of benzene rings is 3. The van der Waals surface area contributed by atoms with Gasteiger partial charge in [0.05, 0.1) is 11.6 Å². The van der Waals surface area contributed by atoms with Gasteiger partial charge in [0.15, 0.2) is 0 Å². The van der Waals surface area contributed by atoms with Gasteiger partial charge < -0.3 is 14.8 Å². The van der Waals surface area contributed by atoms with Crippen LogP contribution in [-0.4, -0.2) is 40.2 Å². The Hall–Kier alpha value is -4.19. The highest BCUT2D eigenvalue weighted by molar-refractivity contribution is 6.45. The molecule has 178 valence electrons. The molecule has 0 aliphatic heterocycles. The molecule has 0 unspecified atom stereocenters. The van der Waals surface area contributed by atoms with E-state index in [1.54, 1.807) is 21.7 Å². The summed E-state index contributed by atoms with van der Waals surface area (Å²) in [6.07, 6.45) is 1.62. The Bertz CT molecular complexity index is 1290. The second kappa shape index (κ2) is 10.8. The highest BCUT2D eigenvalue weighted by atomic mass is 16.2. The van der Waals surface area contributed by atoms with Crippen LogP contribution >= 0.6 is 0 Å². The van der Waals surface area contributed by atoms with Crippen LogP contribution in [0.15, 0.2) is 91.1 Å². The van der Waals surface area contributed by atoms with Gasteiger partial charge in [-0.05, 0) is 31.0 Å². The van der Waals surface area contributed by atoms with Crippen molar-refractivity contribution in [1.82, 2.24) is 14.8 Å². The van der Waals surface area contributed by atoms with Gasteiger partial charge in [0.2, 0.25) is 5.91 Å². The number of nitrogens with zero attached hydrogens (tertiary/aromatic N) is 2. The summed E-state index contributed by atoms with van der Waals surface area (Å²) in [4.78, 5) is 41.1. The van der Waals surface area contributed by atoms with Crippen LogP contribution in [-0.2, 0) is 16.1 Å². The molecule has 4 aromatic rings. The number of rotatable bonds is 9. The predicted molar refractivity (Wildman–Crippen MR) is 137 cm³/mol. The van der Waals surface area contributed by atoms with Gasteiger partial charge in [-0.2, -0.15) is 0 Å². The summed E-state index contributed by atoms with van der Waals surface area (Å²) in [5.74, 6) is -1.36. The van der Waals surface area contributed by atoms with Crippen molar-refractivity contribution in [3.05, 3.63) is 108 Å². The second-order valence-electron chi connectivity index (χ2n) is 8.31. The van der Waals surface area contributed by atoms with Crippen LogP contribution in [0.4, 0.5) is 0 Å². The van der Waals surface area contributed by atoms with E-state index in [4.69, 9.17) is 0 Å². The van der Waals surface area contributed by atoms with Crippen molar-refractivity contribution in [2.75, 3.05) is 13.1 Å². The van der Waals surface area contributed by atoms with Crippen LogP contribution in [0.25, 0.3) is 10.9 Å². The Labute approximate surface area is 205 Å². The Morgan fingerprint density at radius 2 is 1.34 bits per heavy atom. The first-order valence-electron chi connectivity index (χ1n) is 11.8. The molecule has 1 aromatic heterocycles. The van der Waals surface area contributed by atoms with E-state index in [1.807, 2.05) is 92.7 Å². The van der Waals surface area contributed by atoms with Gasteiger partial charge in [0.25, 0.3) is 11.7 Å². The zero-order chi connectivity index (χ0) is 24.8. The number of likely N-dealkylation sites (N-methyl/N-ethyl adjacent to an activating group) is 1. The normalized spacial score (nSPS) is 10.9. The molecule has 6 nitrogen and oxygen atoms in total. The largest absolute Gasteiger partial charge is 0.342 e. The van der Waals surface area contributed by atoms with Gasteiger partial charge >= 0.3 is 0 Å². The lowest BCUT2D eigenvalue weighted by Crippen LogP contribution is -2.35. The molecule has 0 atom stereocenters. The van der Waals surface area contributed by atoms with E-state index < -0.39 is 17.7 Å². The maximum Gasteiger partial charge on any atom is 0.293 e. The first-order chi connectivity index (χ1) is 17.0. The highest BCUT2D eigenvalue weighted by Gasteiger charge is 2.26. The van der Waals surface area contributed by atoms with Crippen molar-refractivity contribution in [3.8, 4) is 0 Å². The third-order valence-corrected chi connectivity index (χ3v) is 6.20. The van der Waals surface area contributed by atoms with E-state index >= 15 is 0 Å². The molecule has 3 aromatic carbocycles. The summed E-state index contributed by atoms with van der Waals surface area (Å²) in [5.41, 5.74) is 2.79. The summed E-state index contributed by atoms with van der Waals surface area (Å²) < 4.78 is 1.75. The van der Waals surface area contributed by atoms with Crippen LogP contribution < -0.4 is 5.32 Å². The Balaban J connectivity index is 1.64. The first-order valence-corrected chi connectivity index (χ1v) is 11.8. The molecule has 0 bridgehead atoms. The molecule has 0 spiro atoms. The van der Waals surface area contributed by atoms with Crippen molar-refractivity contribution in [2.24, 2.45) is 0 Å². The molecule has 1 N–H and O–H groups in total. The van der Waals surface area contributed by atoms with E-state index in [2.05, 4.69) is 5.32 Å². The lowest BCUT2D eigenvalue weighted by Gasteiger charge is -2.19. The summed E-state index contributed by atoms with van der Waals surface area (Å²) in [7, 11) is 0. The molecule has 2 amide bonds. The minimum absolute atomic E-state index is 0.0348. The number of amides is 2. The number of aromatic nitrogens is 1. The number of nitrogens with one attached hydrogen (secondary N) is 1. The third-order valence-electron chi connectivity index (χ3n) is 6.20. The van der Waals surface area contributed by atoms with Crippen molar-refractivity contribution >= 4 is 28.5 Å². The van der Waals surface area contributed by atoms with Crippen LogP contribution in [0, 0.1) is 0 Å². The van der Waals surface area contributed by atoms with E-state index in [1.165, 1.54) is 0 Å². The lowest BCUT2D eigenvalue weighted by atomic mass is 9.98. The zero-order valence-corrected chi connectivity index (χ0v) is 20.0. The van der Waals surface area contributed by atoms with Gasteiger partial charge in [-0.3, -0.25) is 14.4 Å². The van der Waals surface area contributed by atoms with Crippen LogP contribution in [0.2, 0.25) is 0 Å². The molecular formula is C29H29N3O3. The van der Waals surface area contributed by atoms with E-state index in [0.717, 1.165) is 16.6 Å². The maximum atomic E-state index is 13.4. The fourth-order valence-corrected chi connectivity index (χ4v) is 4.35. The highest BCUT2D eigenvalue weighted by Crippen LogP contribution is 2.25. The molecular weight excluding hydrogens is 438 g/mol. The Kier molecular flexibility index (Phi) is 7.41. The lowest BCUT2D eigenvalue weighted by molar-refractivity contribution is -0.131. The molecule has 35 heavy (non-hydrogen) atoms. The summed E-state index contributed by atoms with van der Waals surface area (Å²) in [6, 6.07) is 26.0. The van der Waals surface area contributed by atoms with Gasteiger partial charge in [-0.15, -0.1) is 0 Å². The minimum Gasteiger partial charge on any atom is -0.342 e. The molecule has 0 radical (unpaired) electrons. The van der Waals surface area contributed by atoms with E-state index in [0.29, 0.717) is 18.5 Å². The smallest absolute Gasteiger partial charge is 0.293 e. The molecule has 0 aliphatic rings. The second-order valence-corrected chi connectivity index (χ2v) is 8.31. The third kappa shape index (κ3) is 5.17. The molecule has 6 heteroatoms. The van der Waals surface area contributed by atoms with Crippen LogP contribution in [0.1, 0.15) is 41.4 Å². The van der Waals surface area contributed by atoms with E-state index in [-0.39, 0.29) is 18.0 Å². The van der Waals surface area contributed by atoms with Crippen molar-refractivity contribution in [3.63, 3.8) is 0 Å². The molecule has 0 aliphatic carbocycles. The fraction of sp³-hybridized carbons (Fsp3) is 0.207. The Morgan fingerprint density at radius 3 is 1.91 bits per heavy atom. The average molecular weight is 468 g/mol. The molecule has 0 saturated carbocycles. The minimum atomic E-state index is -0.694. The van der Waals surface area contributed by atoms with Crippen molar-refractivity contribution in [1.29, 1.82) is 0 Å². The van der Waals surface area contributed by atoms with Gasteiger partial charge in [0, 0.05) is 30.2 Å². The maximum absolute atomic E-state index is 13.4. The number of hydrogen-bond acceptors (Lipinski definition) is 3. The number of Topliss-reactive ketones (excluding diaryl/α,β-unsaturated/α-hetero) is 1. The standard InChI is InChI=1S/C29H29N3O3/c1-3-31(4-2)26(33)20-32-19-24(23-17-11-12-18-25(23)32)28(34)29(35)30-27(21-13-7-5-8-14-21)22-15-9-6-10-16-22/h5-19,27H,3-4,20H2,1-2H3,(H,30,35). The monoisotopic (exact) mass is 467 g/mol. The molecule has 4 rings (SSSR count). The van der Waals surface area contributed by atoms with Gasteiger partial charge in [0.1, 0.15) is 6.54 Å². The first kappa shape index (κ1) is 24.0. The van der Waals surface area contributed by atoms with Gasteiger partial charge in [-0.25, -0.2) is 0 Å². The number of carbonyl (C=O) groups excluding carboxylic acids is 3. The summed E-state index contributed by atoms with van der Waals surface area (Å²) in [6.45, 7) is 5.20. The number of para-hydroxylation sites is 1. The van der Waals surface area contributed by atoms with Crippen molar-refractivity contribution in [2.45, 2.75) is 26.4 Å². The van der Waals surface area contributed by atoms with Gasteiger partial charge in [-0.1, -0.05) is 78.9 Å². The van der Waals surface area contributed by atoms with E-state index in [9.17, 15) is 14.4 Å².